The molecular formula is C15H14N3O2+. The van der Waals surface area contributed by atoms with Crippen LogP contribution >= 0.6 is 0 Å². The Kier molecular flexibility index (Phi) is 4.68. The Hall–Kier alpha value is -2.87. The minimum atomic E-state index is -0.523. The van der Waals surface area contributed by atoms with Crippen LogP contribution in [0.4, 0.5) is 10.5 Å². The van der Waals surface area contributed by atoms with Gasteiger partial charge in [0.2, 0.25) is 0 Å². The number of rotatable bonds is 4. The molecule has 0 unspecified atom stereocenters. The molecule has 5 heteroatoms. The van der Waals surface area contributed by atoms with Gasteiger partial charge in [-0.25, -0.2) is 4.79 Å². The molecule has 0 saturated carbocycles. The Balaban J connectivity index is 1.88. The fraction of sp³-hybridized carbons (Fsp3) is 0.133. The summed E-state index contributed by atoms with van der Waals surface area (Å²) >= 11 is 0. The molecular weight excluding hydrogens is 254 g/mol. The topological polar surface area (TPSA) is 75.0 Å². The standard InChI is InChI=1S/C15H13N3O2/c16-8-6-13-10-14(7-9-17-13)18-15(19)20-11-12-4-2-1-3-5-12/h1-5,7,9-10H,6,11H2,(H,17,18,19)/p+1. The number of aromatic nitrogens is 1. The van der Waals surface area contributed by atoms with E-state index in [1.807, 2.05) is 30.3 Å². The average Bonchev–Trinajstić information content (AvgIpc) is 2.47. The van der Waals surface area contributed by atoms with Gasteiger partial charge in [0.15, 0.2) is 0 Å². The van der Waals surface area contributed by atoms with Crippen molar-refractivity contribution < 1.29 is 14.8 Å². The molecule has 1 aromatic carbocycles. The summed E-state index contributed by atoms with van der Waals surface area (Å²) in [7, 11) is 0. The van der Waals surface area contributed by atoms with Crippen LogP contribution in [0.15, 0.2) is 48.7 Å². The molecule has 0 aliphatic carbocycles. The molecule has 1 heterocycles. The third-order valence-electron chi connectivity index (χ3n) is 2.55. The first kappa shape index (κ1) is 13.6. The number of carbonyl (C=O) groups is 1. The molecule has 0 spiro atoms. The van der Waals surface area contributed by atoms with E-state index in [0.29, 0.717) is 17.8 Å². The maximum atomic E-state index is 11.6. The van der Waals surface area contributed by atoms with Gasteiger partial charge in [0, 0.05) is 11.9 Å². The fourth-order valence-electron chi connectivity index (χ4n) is 1.62. The van der Waals surface area contributed by atoms with Gasteiger partial charge in [-0.3, -0.25) is 10.3 Å². The highest BCUT2D eigenvalue weighted by Gasteiger charge is 2.05. The highest BCUT2D eigenvalue weighted by atomic mass is 16.5. The second-order valence-corrected chi connectivity index (χ2v) is 4.08. The van der Waals surface area contributed by atoms with E-state index in [9.17, 15) is 4.79 Å². The molecule has 0 aliphatic rings. The first-order valence-corrected chi connectivity index (χ1v) is 6.10. The van der Waals surface area contributed by atoms with Crippen molar-refractivity contribution in [2.45, 2.75) is 13.0 Å². The zero-order chi connectivity index (χ0) is 14.2. The number of benzene rings is 1. The predicted octanol–water partition coefficient (Wildman–Crippen LogP) is 1.15. The normalized spacial score (nSPS) is 9.55. The van der Waals surface area contributed by atoms with Crippen LogP contribution in [0.25, 0.3) is 0 Å². The molecule has 0 radical (unpaired) electrons. The van der Waals surface area contributed by atoms with Crippen LogP contribution in [0, 0.1) is 6.07 Å². The van der Waals surface area contributed by atoms with Gasteiger partial charge in [-0.2, -0.15) is 0 Å². The van der Waals surface area contributed by atoms with Crippen molar-refractivity contribution in [2.24, 2.45) is 0 Å². The van der Waals surface area contributed by atoms with Crippen molar-refractivity contribution in [2.75, 3.05) is 5.32 Å². The van der Waals surface area contributed by atoms with Crippen molar-refractivity contribution in [3.05, 3.63) is 59.9 Å². The monoisotopic (exact) mass is 268 g/mol. The quantitative estimate of drug-likeness (QED) is 0.873. The minimum Gasteiger partial charge on any atom is -0.444 e. The number of amides is 1. The van der Waals surface area contributed by atoms with Crippen LogP contribution in [0.2, 0.25) is 0 Å². The van der Waals surface area contributed by atoms with E-state index in [1.165, 1.54) is 0 Å². The van der Waals surface area contributed by atoms with Crippen LogP contribution in [0.1, 0.15) is 11.3 Å². The molecule has 20 heavy (non-hydrogen) atoms. The van der Waals surface area contributed by atoms with Gasteiger partial charge >= 0.3 is 6.09 Å². The van der Waals surface area contributed by atoms with Gasteiger partial charge in [-0.15, -0.1) is 5.26 Å². The fourth-order valence-corrected chi connectivity index (χ4v) is 1.62. The molecule has 100 valence electrons. The number of anilines is 1. The maximum Gasteiger partial charge on any atom is 0.411 e. The van der Waals surface area contributed by atoms with Gasteiger partial charge in [-0.05, 0) is 17.7 Å². The average molecular weight is 268 g/mol. The van der Waals surface area contributed by atoms with Crippen molar-refractivity contribution in [3.8, 4) is 6.07 Å². The summed E-state index contributed by atoms with van der Waals surface area (Å²) in [5.41, 5.74) is 2.18. The third kappa shape index (κ3) is 4.10. The molecule has 0 saturated heterocycles. The molecule has 1 aromatic heterocycles. The molecule has 0 atom stereocenters. The molecule has 2 rings (SSSR count). The Morgan fingerprint density at radius 1 is 1.30 bits per heavy atom. The lowest BCUT2D eigenvalue weighted by atomic mass is 10.2. The molecule has 0 bridgehead atoms. The number of hydrogen-bond donors (Lipinski definition) is 2. The van der Waals surface area contributed by atoms with Gasteiger partial charge in [0.25, 0.3) is 6.07 Å². The van der Waals surface area contributed by atoms with Gasteiger partial charge < -0.3 is 4.74 Å². The third-order valence-corrected chi connectivity index (χ3v) is 2.55. The molecule has 5 nitrogen and oxygen atoms in total. The molecule has 2 N–H and O–H groups in total. The predicted molar refractivity (Wildman–Crippen MR) is 73.0 cm³/mol. The van der Waals surface area contributed by atoms with E-state index in [1.54, 1.807) is 18.3 Å². The number of nitrogens with one attached hydrogen (secondary N) is 2. The number of nitrogens with zero attached hydrogens (tertiary/aromatic N) is 1. The molecule has 0 aliphatic heterocycles. The SMILES string of the molecule is [NH+]#CCc1cc(NC(=O)OCc2ccccc2)ccn1. The van der Waals surface area contributed by atoms with E-state index in [4.69, 9.17) is 10.00 Å². The van der Waals surface area contributed by atoms with Crippen LogP contribution in [0.5, 0.6) is 0 Å². The number of pyridine rings is 1. The van der Waals surface area contributed by atoms with Crippen LogP contribution in [0.3, 0.4) is 0 Å². The van der Waals surface area contributed by atoms with E-state index < -0.39 is 6.09 Å². The van der Waals surface area contributed by atoms with E-state index in [2.05, 4.69) is 16.4 Å². The summed E-state index contributed by atoms with van der Waals surface area (Å²) in [6, 6.07) is 15.1. The maximum absolute atomic E-state index is 11.6. The van der Waals surface area contributed by atoms with Crippen LogP contribution in [-0.4, -0.2) is 11.1 Å². The zero-order valence-corrected chi connectivity index (χ0v) is 10.8. The summed E-state index contributed by atoms with van der Waals surface area (Å²) in [6.07, 6.45) is 1.36. The van der Waals surface area contributed by atoms with Gasteiger partial charge in [-0.1, -0.05) is 30.3 Å². The van der Waals surface area contributed by atoms with Gasteiger partial charge in [0.05, 0.1) is 5.69 Å². The number of ether oxygens (including phenoxy) is 1. The van der Waals surface area contributed by atoms with Crippen molar-refractivity contribution in [3.63, 3.8) is 0 Å². The molecule has 0 fully saturated rings. The summed E-state index contributed by atoms with van der Waals surface area (Å²) in [5.74, 6) is 0. The van der Waals surface area contributed by atoms with Crippen LogP contribution < -0.4 is 10.6 Å². The Morgan fingerprint density at radius 3 is 2.85 bits per heavy atom. The summed E-state index contributed by atoms with van der Waals surface area (Å²) in [4.78, 5) is 15.7. The lowest BCUT2D eigenvalue weighted by molar-refractivity contribution is -0.0941. The van der Waals surface area contributed by atoms with Crippen molar-refractivity contribution in [1.82, 2.24) is 4.98 Å². The first-order chi connectivity index (χ1) is 9.78. The molecule has 1 amide bonds. The van der Waals surface area contributed by atoms with Gasteiger partial charge in [0.1, 0.15) is 13.0 Å². The lowest BCUT2D eigenvalue weighted by Gasteiger charge is -2.07. The number of carbonyl (C=O) groups excluding carboxylic acids is 1. The summed E-state index contributed by atoms with van der Waals surface area (Å²) in [5, 5.41) is 9.53. The van der Waals surface area contributed by atoms with E-state index >= 15 is 0 Å². The van der Waals surface area contributed by atoms with E-state index in [-0.39, 0.29) is 6.61 Å². The lowest BCUT2D eigenvalue weighted by Crippen LogP contribution is -2.18. The van der Waals surface area contributed by atoms with E-state index in [0.717, 1.165) is 5.56 Å². The summed E-state index contributed by atoms with van der Waals surface area (Å²) in [6.45, 7) is 0.221. The molecule has 2 aromatic rings. The number of hydrogen-bond acceptors (Lipinski definition) is 3. The second-order valence-electron chi connectivity index (χ2n) is 4.08. The summed E-state index contributed by atoms with van der Waals surface area (Å²) < 4.78 is 5.11. The smallest absolute Gasteiger partial charge is 0.411 e. The Labute approximate surface area is 116 Å². The highest BCUT2D eigenvalue weighted by Crippen LogP contribution is 2.09. The zero-order valence-electron chi connectivity index (χ0n) is 10.8. The van der Waals surface area contributed by atoms with Crippen molar-refractivity contribution >= 4 is 11.8 Å². The second kappa shape index (κ2) is 6.90. The van der Waals surface area contributed by atoms with Crippen molar-refractivity contribution in [1.29, 1.82) is 0 Å². The Morgan fingerprint density at radius 2 is 2.10 bits per heavy atom. The largest absolute Gasteiger partial charge is 0.444 e. The van der Waals surface area contributed by atoms with Crippen LogP contribution in [-0.2, 0) is 17.8 Å². The highest BCUT2D eigenvalue weighted by molar-refractivity contribution is 5.84. The Bertz CT molecular complexity index is 621. The first-order valence-electron chi connectivity index (χ1n) is 6.10. The minimum absolute atomic E-state index is 0.221.